The maximum absolute atomic E-state index is 11.3. The molecule has 0 aromatic heterocycles. The first-order valence-electron chi connectivity index (χ1n) is 5.99. The Morgan fingerprint density at radius 1 is 1.29 bits per heavy atom. The predicted molar refractivity (Wildman–Crippen MR) is 69.0 cm³/mol. The number of esters is 1. The van der Waals surface area contributed by atoms with Crippen molar-refractivity contribution < 1.29 is 9.53 Å². The highest BCUT2D eigenvalue weighted by Gasteiger charge is 2.09. The third-order valence-electron chi connectivity index (χ3n) is 2.90. The molecule has 0 amide bonds. The minimum atomic E-state index is -0.284. The van der Waals surface area contributed by atoms with Gasteiger partial charge in [-0.2, -0.15) is 0 Å². The number of carbonyl (C=O) groups excluding carboxylic acids is 1. The van der Waals surface area contributed by atoms with Gasteiger partial charge in [-0.3, -0.25) is 4.90 Å². The second kappa shape index (κ2) is 6.40. The summed E-state index contributed by atoms with van der Waals surface area (Å²) >= 11 is 0. The first-order valence-corrected chi connectivity index (χ1v) is 5.99. The van der Waals surface area contributed by atoms with Crippen LogP contribution in [0.25, 0.3) is 0 Å². The van der Waals surface area contributed by atoms with Crippen LogP contribution in [0, 0.1) is 0 Å². The molecule has 3 heteroatoms. The summed E-state index contributed by atoms with van der Waals surface area (Å²) in [6.07, 6.45) is 0. The summed E-state index contributed by atoms with van der Waals surface area (Å²) in [4.78, 5) is 13.6. The fourth-order valence-corrected chi connectivity index (χ4v) is 1.76. The average molecular weight is 235 g/mol. The molecule has 0 aliphatic carbocycles. The van der Waals surface area contributed by atoms with Gasteiger partial charge in [0.05, 0.1) is 12.7 Å². The van der Waals surface area contributed by atoms with Crippen LogP contribution >= 0.6 is 0 Å². The van der Waals surface area contributed by atoms with Crippen LogP contribution in [0.1, 0.15) is 36.7 Å². The Morgan fingerprint density at radius 2 is 1.88 bits per heavy atom. The van der Waals surface area contributed by atoms with Crippen molar-refractivity contribution in [3.05, 3.63) is 35.4 Å². The number of carbonyl (C=O) groups is 1. The van der Waals surface area contributed by atoms with Gasteiger partial charge < -0.3 is 4.74 Å². The summed E-state index contributed by atoms with van der Waals surface area (Å²) in [7, 11) is 1.40. The maximum atomic E-state index is 11.3. The van der Waals surface area contributed by atoms with Gasteiger partial charge in [-0.15, -0.1) is 0 Å². The lowest BCUT2D eigenvalue weighted by atomic mass is 10.1. The number of ether oxygens (including phenoxy) is 1. The molecule has 1 rings (SSSR count). The van der Waals surface area contributed by atoms with E-state index in [0.29, 0.717) is 11.6 Å². The number of rotatable bonds is 5. The van der Waals surface area contributed by atoms with Gasteiger partial charge in [0.15, 0.2) is 0 Å². The fraction of sp³-hybridized carbons (Fsp3) is 0.500. The SMILES string of the molecule is CCN(Cc1ccc(C(=O)OC)cc1)C(C)C. The summed E-state index contributed by atoms with van der Waals surface area (Å²) in [5.41, 5.74) is 1.82. The molecule has 3 nitrogen and oxygen atoms in total. The molecule has 0 aliphatic heterocycles. The number of methoxy groups -OCH3 is 1. The van der Waals surface area contributed by atoms with E-state index in [1.165, 1.54) is 12.7 Å². The number of hydrogen-bond donors (Lipinski definition) is 0. The molecule has 0 spiro atoms. The van der Waals surface area contributed by atoms with Gasteiger partial charge in [-0.05, 0) is 38.1 Å². The lowest BCUT2D eigenvalue weighted by Crippen LogP contribution is -2.29. The Kier molecular flexibility index (Phi) is 5.16. The van der Waals surface area contributed by atoms with E-state index in [-0.39, 0.29) is 5.97 Å². The van der Waals surface area contributed by atoms with Gasteiger partial charge in [0, 0.05) is 12.6 Å². The second-order valence-corrected chi connectivity index (χ2v) is 4.35. The molecule has 1 aromatic carbocycles. The third-order valence-corrected chi connectivity index (χ3v) is 2.90. The lowest BCUT2D eigenvalue weighted by molar-refractivity contribution is 0.0600. The van der Waals surface area contributed by atoms with E-state index in [2.05, 4.69) is 30.4 Å². The Hall–Kier alpha value is -1.35. The summed E-state index contributed by atoms with van der Waals surface area (Å²) in [5.74, 6) is -0.284. The highest BCUT2D eigenvalue weighted by Crippen LogP contribution is 2.10. The molecule has 1 aromatic rings. The molecule has 0 radical (unpaired) electrons. The van der Waals surface area contributed by atoms with Crippen LogP contribution in [0.5, 0.6) is 0 Å². The van der Waals surface area contributed by atoms with Crippen molar-refractivity contribution >= 4 is 5.97 Å². The minimum Gasteiger partial charge on any atom is -0.465 e. The van der Waals surface area contributed by atoms with Crippen LogP contribution in [-0.4, -0.2) is 30.6 Å². The quantitative estimate of drug-likeness (QED) is 0.735. The summed E-state index contributed by atoms with van der Waals surface area (Å²) in [5, 5.41) is 0. The maximum Gasteiger partial charge on any atom is 0.337 e. The van der Waals surface area contributed by atoms with Crippen LogP contribution in [0.15, 0.2) is 24.3 Å². The largest absolute Gasteiger partial charge is 0.465 e. The topological polar surface area (TPSA) is 29.5 Å². The standard InChI is InChI=1S/C14H21NO2/c1-5-15(11(2)3)10-12-6-8-13(9-7-12)14(16)17-4/h6-9,11H,5,10H2,1-4H3. The van der Waals surface area contributed by atoms with Crippen molar-refractivity contribution in [2.45, 2.75) is 33.4 Å². The third kappa shape index (κ3) is 3.86. The van der Waals surface area contributed by atoms with E-state index in [1.807, 2.05) is 24.3 Å². The van der Waals surface area contributed by atoms with Crippen molar-refractivity contribution in [2.24, 2.45) is 0 Å². The number of nitrogens with zero attached hydrogens (tertiary/aromatic N) is 1. The van der Waals surface area contributed by atoms with E-state index < -0.39 is 0 Å². The molecular formula is C14H21NO2. The van der Waals surface area contributed by atoms with Crippen LogP contribution in [-0.2, 0) is 11.3 Å². The van der Waals surface area contributed by atoms with Crippen molar-refractivity contribution in [1.29, 1.82) is 0 Å². The second-order valence-electron chi connectivity index (χ2n) is 4.35. The van der Waals surface area contributed by atoms with E-state index in [1.54, 1.807) is 0 Å². The van der Waals surface area contributed by atoms with Crippen LogP contribution in [0.3, 0.4) is 0 Å². The zero-order valence-corrected chi connectivity index (χ0v) is 11.1. The highest BCUT2D eigenvalue weighted by atomic mass is 16.5. The van der Waals surface area contributed by atoms with Gasteiger partial charge in [-0.1, -0.05) is 19.1 Å². The average Bonchev–Trinajstić information content (AvgIpc) is 2.35. The molecule has 0 bridgehead atoms. The Balaban J connectivity index is 2.71. The zero-order valence-electron chi connectivity index (χ0n) is 11.1. The summed E-state index contributed by atoms with van der Waals surface area (Å²) in [6, 6.07) is 8.12. The van der Waals surface area contributed by atoms with Crippen LogP contribution in [0.2, 0.25) is 0 Å². The molecule has 0 aliphatic rings. The molecule has 0 unspecified atom stereocenters. The first-order chi connectivity index (χ1) is 8.08. The smallest absolute Gasteiger partial charge is 0.337 e. The first kappa shape index (κ1) is 13.7. The van der Waals surface area contributed by atoms with E-state index >= 15 is 0 Å². The van der Waals surface area contributed by atoms with E-state index in [9.17, 15) is 4.79 Å². The molecule has 94 valence electrons. The van der Waals surface area contributed by atoms with Crippen molar-refractivity contribution in [3.8, 4) is 0 Å². The Bertz CT molecular complexity index is 357. The molecule has 0 atom stereocenters. The van der Waals surface area contributed by atoms with Gasteiger partial charge >= 0.3 is 5.97 Å². The minimum absolute atomic E-state index is 0.284. The molecule has 0 saturated carbocycles. The molecule has 17 heavy (non-hydrogen) atoms. The van der Waals surface area contributed by atoms with E-state index in [0.717, 1.165) is 13.1 Å². The summed E-state index contributed by atoms with van der Waals surface area (Å²) in [6.45, 7) is 8.47. The number of benzene rings is 1. The molecule has 0 fully saturated rings. The molecular weight excluding hydrogens is 214 g/mol. The van der Waals surface area contributed by atoms with Gasteiger partial charge in [0.1, 0.15) is 0 Å². The van der Waals surface area contributed by atoms with Crippen molar-refractivity contribution in [1.82, 2.24) is 4.90 Å². The van der Waals surface area contributed by atoms with Crippen LogP contribution < -0.4 is 0 Å². The summed E-state index contributed by atoms with van der Waals surface area (Å²) < 4.78 is 4.67. The van der Waals surface area contributed by atoms with Gasteiger partial charge in [-0.25, -0.2) is 4.79 Å². The van der Waals surface area contributed by atoms with E-state index in [4.69, 9.17) is 0 Å². The monoisotopic (exact) mass is 235 g/mol. The fourth-order valence-electron chi connectivity index (χ4n) is 1.76. The highest BCUT2D eigenvalue weighted by molar-refractivity contribution is 5.89. The van der Waals surface area contributed by atoms with Crippen molar-refractivity contribution in [2.75, 3.05) is 13.7 Å². The Morgan fingerprint density at radius 3 is 2.29 bits per heavy atom. The van der Waals surface area contributed by atoms with Gasteiger partial charge in [0.25, 0.3) is 0 Å². The van der Waals surface area contributed by atoms with Gasteiger partial charge in [0.2, 0.25) is 0 Å². The van der Waals surface area contributed by atoms with Crippen LogP contribution in [0.4, 0.5) is 0 Å². The predicted octanol–water partition coefficient (Wildman–Crippen LogP) is 2.70. The van der Waals surface area contributed by atoms with Crippen molar-refractivity contribution in [3.63, 3.8) is 0 Å². The normalized spacial score (nSPS) is 10.9. The lowest BCUT2D eigenvalue weighted by Gasteiger charge is -2.24. The number of hydrogen-bond acceptors (Lipinski definition) is 3. The molecule has 0 N–H and O–H groups in total. The molecule has 0 saturated heterocycles. The zero-order chi connectivity index (χ0) is 12.8. The Labute approximate surface area is 103 Å². The molecule has 0 heterocycles.